The summed E-state index contributed by atoms with van der Waals surface area (Å²) in [5.41, 5.74) is 1.15. The molecule has 19 heavy (non-hydrogen) atoms. The van der Waals surface area contributed by atoms with Crippen molar-refractivity contribution in [2.24, 2.45) is 0 Å². The average Bonchev–Trinajstić information content (AvgIpc) is 2.40. The van der Waals surface area contributed by atoms with Gasteiger partial charge in [-0.2, -0.15) is 15.0 Å². The third-order valence-corrected chi connectivity index (χ3v) is 3.47. The molecule has 100 valence electrons. The largest absolute Gasteiger partial charge is 0.357 e. The molecule has 0 saturated carbocycles. The van der Waals surface area contributed by atoms with E-state index >= 15 is 0 Å². The smallest absolute Gasteiger partial charge is 0.231 e. The highest BCUT2D eigenvalue weighted by atomic mass is 79.9. The summed E-state index contributed by atoms with van der Waals surface area (Å²) in [6, 6.07) is 8.02. The number of nitrogens with zero attached hydrogens (tertiary/aromatic N) is 4. The van der Waals surface area contributed by atoms with Crippen LogP contribution in [0.3, 0.4) is 0 Å². The van der Waals surface area contributed by atoms with Gasteiger partial charge in [0.05, 0.1) is 0 Å². The average molecular weight is 343 g/mol. The van der Waals surface area contributed by atoms with Crippen LogP contribution >= 0.6 is 27.5 Å². The summed E-state index contributed by atoms with van der Waals surface area (Å²) in [4.78, 5) is 14.3. The quantitative estimate of drug-likeness (QED) is 0.926. The van der Waals surface area contributed by atoms with Gasteiger partial charge in [0.15, 0.2) is 0 Å². The molecule has 0 radical (unpaired) electrons. The predicted octanol–water partition coefficient (Wildman–Crippen LogP) is 2.97. The molecule has 2 aromatic rings. The fraction of sp³-hybridized carbons (Fsp3) is 0.250. The van der Waals surface area contributed by atoms with Crippen LogP contribution in [-0.2, 0) is 6.54 Å². The Morgan fingerprint density at radius 2 is 2.00 bits per heavy atom. The maximum absolute atomic E-state index is 5.87. The van der Waals surface area contributed by atoms with Crippen molar-refractivity contribution in [3.63, 3.8) is 0 Å². The van der Waals surface area contributed by atoms with Gasteiger partial charge in [-0.05, 0) is 23.2 Å². The summed E-state index contributed by atoms with van der Waals surface area (Å²) < 4.78 is 1.05. The second-order valence-corrected chi connectivity index (χ2v) is 5.12. The van der Waals surface area contributed by atoms with E-state index < -0.39 is 0 Å². The van der Waals surface area contributed by atoms with Crippen molar-refractivity contribution in [3.05, 3.63) is 39.6 Å². The van der Waals surface area contributed by atoms with Crippen molar-refractivity contribution >= 4 is 39.4 Å². The topological polar surface area (TPSA) is 53.9 Å². The van der Waals surface area contributed by atoms with E-state index in [1.54, 1.807) is 7.05 Å². The normalized spacial score (nSPS) is 10.3. The molecular formula is C12H13BrClN5. The molecule has 5 nitrogen and oxygen atoms in total. The maximum atomic E-state index is 5.87. The minimum Gasteiger partial charge on any atom is -0.357 e. The summed E-state index contributed by atoms with van der Waals surface area (Å²) in [5, 5.41) is 3.03. The second-order valence-electron chi connectivity index (χ2n) is 3.93. The number of anilines is 2. The van der Waals surface area contributed by atoms with E-state index in [2.05, 4.69) is 36.2 Å². The van der Waals surface area contributed by atoms with Gasteiger partial charge < -0.3 is 10.2 Å². The first-order chi connectivity index (χ1) is 9.10. The van der Waals surface area contributed by atoms with Crippen molar-refractivity contribution in [1.29, 1.82) is 0 Å². The second kappa shape index (κ2) is 6.16. The highest BCUT2D eigenvalue weighted by Crippen LogP contribution is 2.20. The molecular weight excluding hydrogens is 330 g/mol. The third kappa shape index (κ3) is 3.54. The van der Waals surface area contributed by atoms with Crippen LogP contribution < -0.4 is 10.2 Å². The Hall–Kier alpha value is -1.40. The molecule has 0 aliphatic rings. The molecule has 0 amide bonds. The number of halogens is 2. The summed E-state index contributed by atoms with van der Waals surface area (Å²) in [6.45, 7) is 0.672. The van der Waals surface area contributed by atoms with Crippen molar-refractivity contribution in [3.8, 4) is 0 Å². The Labute approximate surface area is 125 Å². The van der Waals surface area contributed by atoms with E-state index in [4.69, 9.17) is 11.6 Å². The molecule has 0 aliphatic carbocycles. The van der Waals surface area contributed by atoms with Gasteiger partial charge in [-0.1, -0.05) is 34.1 Å². The Balaban J connectivity index is 2.22. The molecule has 0 unspecified atom stereocenters. The molecule has 0 fully saturated rings. The number of hydrogen-bond donors (Lipinski definition) is 1. The van der Waals surface area contributed by atoms with Gasteiger partial charge in [0.1, 0.15) is 0 Å². The highest BCUT2D eigenvalue weighted by molar-refractivity contribution is 9.10. The fourth-order valence-electron chi connectivity index (χ4n) is 1.57. The van der Waals surface area contributed by atoms with Crippen LogP contribution in [0.15, 0.2) is 28.7 Å². The van der Waals surface area contributed by atoms with Gasteiger partial charge in [0.25, 0.3) is 0 Å². The molecule has 1 aromatic carbocycles. The van der Waals surface area contributed by atoms with Gasteiger partial charge in [-0.15, -0.1) is 0 Å². The predicted molar refractivity (Wildman–Crippen MR) is 80.6 cm³/mol. The van der Waals surface area contributed by atoms with E-state index in [1.807, 2.05) is 36.2 Å². The van der Waals surface area contributed by atoms with Gasteiger partial charge >= 0.3 is 0 Å². The van der Waals surface area contributed by atoms with Crippen LogP contribution in [0.4, 0.5) is 11.9 Å². The molecule has 0 aliphatic heterocycles. The van der Waals surface area contributed by atoms with Gasteiger partial charge in [-0.3, -0.25) is 0 Å². The first-order valence-electron chi connectivity index (χ1n) is 5.64. The molecule has 7 heteroatoms. The summed E-state index contributed by atoms with van der Waals surface area (Å²) in [7, 11) is 3.65. The molecule has 1 N–H and O–H groups in total. The highest BCUT2D eigenvalue weighted by Gasteiger charge is 2.10. The van der Waals surface area contributed by atoms with Gasteiger partial charge in [0, 0.05) is 25.1 Å². The Bertz CT molecular complexity index is 578. The van der Waals surface area contributed by atoms with Crippen molar-refractivity contribution < 1.29 is 0 Å². The number of rotatable bonds is 4. The van der Waals surface area contributed by atoms with Crippen LogP contribution in [-0.4, -0.2) is 29.0 Å². The van der Waals surface area contributed by atoms with E-state index in [9.17, 15) is 0 Å². The molecule has 1 heterocycles. The van der Waals surface area contributed by atoms with Gasteiger partial charge in [-0.25, -0.2) is 0 Å². The van der Waals surface area contributed by atoms with Crippen molar-refractivity contribution in [2.75, 3.05) is 24.3 Å². The van der Waals surface area contributed by atoms with Crippen LogP contribution in [0.25, 0.3) is 0 Å². The first kappa shape index (κ1) is 14.0. The Kier molecular flexibility index (Phi) is 4.55. The molecule has 0 atom stereocenters. The fourth-order valence-corrected chi connectivity index (χ4v) is 2.14. The third-order valence-electron chi connectivity index (χ3n) is 2.53. The Morgan fingerprint density at radius 1 is 1.26 bits per heavy atom. The van der Waals surface area contributed by atoms with E-state index in [0.29, 0.717) is 18.4 Å². The lowest BCUT2D eigenvalue weighted by molar-refractivity contribution is 0.852. The summed E-state index contributed by atoms with van der Waals surface area (Å²) >= 11 is 9.39. The number of hydrogen-bond acceptors (Lipinski definition) is 5. The zero-order chi connectivity index (χ0) is 13.8. The molecule has 0 spiro atoms. The first-order valence-corrected chi connectivity index (χ1v) is 6.81. The molecule has 1 aromatic heterocycles. The van der Waals surface area contributed by atoms with Crippen LogP contribution in [0, 0.1) is 0 Å². The lowest BCUT2D eigenvalue weighted by Crippen LogP contribution is -2.20. The van der Waals surface area contributed by atoms with Crippen LogP contribution in [0.2, 0.25) is 5.28 Å². The number of nitrogens with one attached hydrogen (secondary N) is 1. The minimum atomic E-state index is 0.174. The van der Waals surface area contributed by atoms with E-state index in [-0.39, 0.29) is 5.28 Å². The summed E-state index contributed by atoms with van der Waals surface area (Å²) in [6.07, 6.45) is 0. The summed E-state index contributed by atoms with van der Waals surface area (Å²) in [5.74, 6) is 0.981. The number of aromatic nitrogens is 3. The standard InChI is InChI=1S/C12H13BrClN5/c1-15-11-16-10(14)17-12(18-11)19(2)7-8-5-3-4-6-9(8)13/h3-6H,7H2,1-2H3,(H,15,16,17,18). The van der Waals surface area contributed by atoms with Crippen molar-refractivity contribution in [2.45, 2.75) is 6.54 Å². The molecule has 2 rings (SSSR count). The monoisotopic (exact) mass is 341 g/mol. The lowest BCUT2D eigenvalue weighted by Gasteiger charge is -2.18. The zero-order valence-electron chi connectivity index (χ0n) is 10.6. The minimum absolute atomic E-state index is 0.174. The maximum Gasteiger partial charge on any atom is 0.231 e. The van der Waals surface area contributed by atoms with E-state index in [1.165, 1.54) is 0 Å². The van der Waals surface area contributed by atoms with Gasteiger partial charge in [0.2, 0.25) is 17.2 Å². The van der Waals surface area contributed by atoms with E-state index in [0.717, 1.165) is 10.0 Å². The van der Waals surface area contributed by atoms with Crippen LogP contribution in [0.1, 0.15) is 5.56 Å². The lowest BCUT2D eigenvalue weighted by atomic mass is 10.2. The zero-order valence-corrected chi connectivity index (χ0v) is 12.9. The van der Waals surface area contributed by atoms with Crippen molar-refractivity contribution in [1.82, 2.24) is 15.0 Å². The molecule has 0 bridgehead atoms. The Morgan fingerprint density at radius 3 is 2.68 bits per heavy atom. The SMILES string of the molecule is CNc1nc(Cl)nc(N(C)Cc2ccccc2Br)n1. The van der Waals surface area contributed by atoms with Crippen LogP contribution in [0.5, 0.6) is 0 Å². The molecule has 0 saturated heterocycles. The number of benzene rings is 1.